The molecule has 0 spiro atoms. The Morgan fingerprint density at radius 3 is 2.76 bits per heavy atom. The van der Waals surface area contributed by atoms with Gasteiger partial charge in [-0.2, -0.15) is 0 Å². The quantitative estimate of drug-likeness (QED) is 0.869. The molecule has 3 rings (SSSR count). The molecule has 112 valence electrons. The second-order valence-corrected chi connectivity index (χ2v) is 6.28. The van der Waals surface area contributed by atoms with Crippen LogP contribution in [-0.4, -0.2) is 37.5 Å². The lowest BCUT2D eigenvalue weighted by Crippen LogP contribution is -2.19. The van der Waals surface area contributed by atoms with E-state index in [1.807, 2.05) is 19.1 Å². The number of anilines is 1. The number of nitrogens with zero attached hydrogens (tertiary/aromatic N) is 3. The van der Waals surface area contributed by atoms with Gasteiger partial charge in [0.15, 0.2) is 11.5 Å². The second kappa shape index (κ2) is 5.89. The third-order valence-electron chi connectivity index (χ3n) is 3.85. The molecule has 1 aromatic heterocycles. The van der Waals surface area contributed by atoms with Gasteiger partial charge in [0.2, 0.25) is 5.13 Å². The lowest BCUT2D eigenvalue weighted by atomic mass is 9.97. The van der Waals surface area contributed by atoms with E-state index >= 15 is 0 Å². The first-order valence-corrected chi connectivity index (χ1v) is 7.80. The van der Waals surface area contributed by atoms with Crippen LogP contribution in [0.3, 0.4) is 0 Å². The van der Waals surface area contributed by atoms with Crippen LogP contribution in [0.25, 0.3) is 0 Å². The smallest absolute Gasteiger partial charge is 0.208 e. The van der Waals surface area contributed by atoms with Gasteiger partial charge in [0.1, 0.15) is 5.01 Å². The zero-order valence-electron chi connectivity index (χ0n) is 12.5. The Balaban J connectivity index is 1.83. The Bertz CT molecular complexity index is 629. The van der Waals surface area contributed by atoms with Gasteiger partial charge >= 0.3 is 0 Å². The van der Waals surface area contributed by atoms with Crippen LogP contribution in [0.2, 0.25) is 0 Å². The minimum absolute atomic E-state index is 0.430. The van der Waals surface area contributed by atoms with Crippen molar-refractivity contribution in [3.63, 3.8) is 0 Å². The number of hydrogen-bond acceptors (Lipinski definition) is 6. The van der Waals surface area contributed by atoms with Crippen LogP contribution >= 0.6 is 11.3 Å². The highest BCUT2D eigenvalue weighted by Crippen LogP contribution is 2.40. The van der Waals surface area contributed by atoms with Gasteiger partial charge in [-0.15, -0.1) is 10.2 Å². The van der Waals surface area contributed by atoms with Gasteiger partial charge in [0.05, 0.1) is 14.2 Å². The fraction of sp³-hybridized carbons (Fsp3) is 0.467. The Kier molecular flexibility index (Phi) is 3.96. The molecule has 1 saturated heterocycles. The van der Waals surface area contributed by atoms with E-state index in [1.54, 1.807) is 25.6 Å². The largest absolute Gasteiger partial charge is 0.493 e. The normalized spacial score (nSPS) is 18.0. The topological polar surface area (TPSA) is 47.5 Å². The molecule has 0 aliphatic carbocycles. The van der Waals surface area contributed by atoms with Gasteiger partial charge < -0.3 is 14.4 Å². The molecule has 1 atom stereocenters. The minimum Gasteiger partial charge on any atom is -0.493 e. The van der Waals surface area contributed by atoms with Crippen molar-refractivity contribution in [3.05, 3.63) is 28.8 Å². The van der Waals surface area contributed by atoms with E-state index in [9.17, 15) is 0 Å². The van der Waals surface area contributed by atoms with E-state index in [4.69, 9.17) is 9.47 Å². The third kappa shape index (κ3) is 2.68. The summed E-state index contributed by atoms with van der Waals surface area (Å²) in [5.74, 6) is 2.07. The highest BCUT2D eigenvalue weighted by atomic mass is 32.1. The average Bonchev–Trinajstić information content (AvgIpc) is 3.14. The molecule has 0 unspecified atom stereocenters. The first-order valence-electron chi connectivity index (χ1n) is 6.99. The third-order valence-corrected chi connectivity index (χ3v) is 4.75. The van der Waals surface area contributed by atoms with Gasteiger partial charge in [-0.05, 0) is 19.4 Å². The highest BCUT2D eigenvalue weighted by Gasteiger charge is 2.29. The number of benzene rings is 1. The first-order chi connectivity index (χ1) is 10.2. The molecule has 1 aliphatic heterocycles. The molecule has 0 radical (unpaired) electrons. The summed E-state index contributed by atoms with van der Waals surface area (Å²) in [5, 5.41) is 10.4. The van der Waals surface area contributed by atoms with Crippen molar-refractivity contribution < 1.29 is 9.47 Å². The van der Waals surface area contributed by atoms with E-state index < -0.39 is 0 Å². The SMILES string of the molecule is COc1cccc([C@H]2CCN(c3nnc(C)s3)C2)c1OC. The lowest BCUT2D eigenvalue weighted by Gasteiger charge is -2.18. The van der Waals surface area contributed by atoms with Crippen LogP contribution in [0.15, 0.2) is 18.2 Å². The Hall–Kier alpha value is -1.82. The predicted octanol–water partition coefficient (Wildman–Crippen LogP) is 2.86. The summed E-state index contributed by atoms with van der Waals surface area (Å²) in [4.78, 5) is 2.30. The molecule has 2 heterocycles. The van der Waals surface area contributed by atoms with Crippen molar-refractivity contribution >= 4 is 16.5 Å². The first kappa shape index (κ1) is 14.1. The molecule has 5 nitrogen and oxygen atoms in total. The summed E-state index contributed by atoms with van der Waals surface area (Å²) < 4.78 is 10.9. The van der Waals surface area contributed by atoms with Gasteiger partial charge in [-0.3, -0.25) is 0 Å². The maximum Gasteiger partial charge on any atom is 0.208 e. The van der Waals surface area contributed by atoms with Crippen LogP contribution in [0.4, 0.5) is 5.13 Å². The Morgan fingerprint density at radius 1 is 1.24 bits per heavy atom. The lowest BCUT2D eigenvalue weighted by molar-refractivity contribution is 0.350. The van der Waals surface area contributed by atoms with Crippen molar-refractivity contribution in [1.29, 1.82) is 0 Å². The zero-order chi connectivity index (χ0) is 14.8. The molecular formula is C15H19N3O2S. The number of methoxy groups -OCH3 is 2. The molecule has 0 amide bonds. The fourth-order valence-corrected chi connectivity index (χ4v) is 3.56. The van der Waals surface area contributed by atoms with E-state index in [-0.39, 0.29) is 0 Å². The number of rotatable bonds is 4. The zero-order valence-corrected chi connectivity index (χ0v) is 13.3. The van der Waals surface area contributed by atoms with Crippen LogP contribution < -0.4 is 14.4 Å². The van der Waals surface area contributed by atoms with Crippen LogP contribution in [-0.2, 0) is 0 Å². The van der Waals surface area contributed by atoms with Gasteiger partial charge in [-0.25, -0.2) is 0 Å². The number of hydrogen-bond donors (Lipinski definition) is 0. The van der Waals surface area contributed by atoms with E-state index in [0.717, 1.165) is 41.1 Å². The molecular weight excluding hydrogens is 286 g/mol. The number of aromatic nitrogens is 2. The summed E-state index contributed by atoms with van der Waals surface area (Å²) >= 11 is 1.65. The van der Waals surface area contributed by atoms with Crippen molar-refractivity contribution in [3.8, 4) is 11.5 Å². The molecule has 6 heteroatoms. The fourth-order valence-electron chi connectivity index (χ4n) is 2.84. The number of aryl methyl sites for hydroxylation is 1. The predicted molar refractivity (Wildman–Crippen MR) is 83.8 cm³/mol. The maximum atomic E-state index is 5.56. The molecule has 0 saturated carbocycles. The van der Waals surface area contributed by atoms with E-state index in [1.165, 1.54) is 5.56 Å². The van der Waals surface area contributed by atoms with Gasteiger partial charge in [0.25, 0.3) is 0 Å². The second-order valence-electron chi connectivity index (χ2n) is 5.12. The van der Waals surface area contributed by atoms with Crippen molar-refractivity contribution in [2.75, 3.05) is 32.2 Å². The monoisotopic (exact) mass is 305 g/mol. The summed E-state index contributed by atoms with van der Waals surface area (Å²) in [6.45, 7) is 3.93. The van der Waals surface area contributed by atoms with Crippen molar-refractivity contribution in [1.82, 2.24) is 10.2 Å². The molecule has 21 heavy (non-hydrogen) atoms. The molecule has 0 bridgehead atoms. The summed E-state index contributed by atoms with van der Waals surface area (Å²) in [7, 11) is 3.37. The standard InChI is InChI=1S/C15H19N3O2S/c1-10-16-17-15(21-10)18-8-7-11(9-18)12-5-4-6-13(19-2)14(12)20-3/h4-6,11H,7-9H2,1-3H3/t11-/m0/s1. The molecule has 0 N–H and O–H groups in total. The number of para-hydroxylation sites is 1. The van der Waals surface area contributed by atoms with Crippen LogP contribution in [0, 0.1) is 6.92 Å². The molecule has 1 aromatic carbocycles. The minimum atomic E-state index is 0.430. The van der Waals surface area contributed by atoms with Crippen LogP contribution in [0.5, 0.6) is 11.5 Å². The number of ether oxygens (including phenoxy) is 2. The average molecular weight is 305 g/mol. The summed E-state index contributed by atoms with van der Waals surface area (Å²) in [6.07, 6.45) is 1.09. The molecule has 1 aliphatic rings. The van der Waals surface area contributed by atoms with Crippen LogP contribution in [0.1, 0.15) is 22.9 Å². The molecule has 2 aromatic rings. The van der Waals surface area contributed by atoms with Gasteiger partial charge in [0, 0.05) is 24.6 Å². The highest BCUT2D eigenvalue weighted by molar-refractivity contribution is 7.15. The van der Waals surface area contributed by atoms with E-state index in [0.29, 0.717) is 5.92 Å². The van der Waals surface area contributed by atoms with E-state index in [2.05, 4.69) is 21.2 Å². The maximum absolute atomic E-state index is 5.56. The summed E-state index contributed by atoms with van der Waals surface area (Å²) in [5.41, 5.74) is 1.21. The Labute approximate surface area is 128 Å². The van der Waals surface area contributed by atoms with Gasteiger partial charge in [-0.1, -0.05) is 23.5 Å². The Morgan fingerprint density at radius 2 is 2.10 bits per heavy atom. The molecule has 1 fully saturated rings. The van der Waals surface area contributed by atoms with Crippen molar-refractivity contribution in [2.24, 2.45) is 0 Å². The van der Waals surface area contributed by atoms with Crippen molar-refractivity contribution in [2.45, 2.75) is 19.3 Å². The summed E-state index contributed by atoms with van der Waals surface area (Å²) in [6, 6.07) is 6.08.